The Hall–Kier alpha value is -3.41. The van der Waals surface area contributed by atoms with Gasteiger partial charge in [-0.3, -0.25) is 9.59 Å². The van der Waals surface area contributed by atoms with E-state index in [4.69, 9.17) is 0 Å². The zero-order valence-electron chi connectivity index (χ0n) is 18.0. The molecule has 0 unspecified atom stereocenters. The van der Waals surface area contributed by atoms with Gasteiger partial charge in [-0.15, -0.1) is 0 Å². The highest BCUT2D eigenvalue weighted by molar-refractivity contribution is 5.94. The highest BCUT2D eigenvalue weighted by Gasteiger charge is 2.38. The minimum Gasteiger partial charge on any atom is -0.347 e. The Labute approximate surface area is 182 Å². The monoisotopic (exact) mass is 416 g/mol. The van der Waals surface area contributed by atoms with Gasteiger partial charge in [-0.05, 0) is 43.0 Å². The number of nitrogens with zero attached hydrogens (tertiary/aromatic N) is 3. The number of carbonyl (C=O) groups excluding carboxylic acids is 2. The maximum Gasteiger partial charge on any atom is 0.253 e. The molecule has 0 saturated carbocycles. The third-order valence-corrected chi connectivity index (χ3v) is 6.12. The van der Waals surface area contributed by atoms with Crippen molar-refractivity contribution in [2.75, 3.05) is 13.1 Å². The molecular weight excluding hydrogens is 388 g/mol. The number of hydrogen-bond acceptors (Lipinski definition) is 3. The summed E-state index contributed by atoms with van der Waals surface area (Å²) in [5, 5.41) is 3.16. The van der Waals surface area contributed by atoms with Gasteiger partial charge in [-0.1, -0.05) is 42.5 Å². The maximum atomic E-state index is 13.1. The van der Waals surface area contributed by atoms with Gasteiger partial charge in [0.05, 0.1) is 5.54 Å². The van der Waals surface area contributed by atoms with Crippen LogP contribution in [0.25, 0.3) is 0 Å². The highest BCUT2D eigenvalue weighted by Crippen LogP contribution is 2.33. The first-order valence-electron chi connectivity index (χ1n) is 10.7. The lowest BCUT2D eigenvalue weighted by atomic mass is 9.80. The molecule has 6 heteroatoms. The Morgan fingerprint density at radius 2 is 1.71 bits per heavy atom. The second kappa shape index (κ2) is 8.76. The van der Waals surface area contributed by atoms with Crippen LogP contribution in [0.2, 0.25) is 0 Å². The molecule has 1 aromatic heterocycles. The fraction of sp³-hybridized carbons (Fsp3) is 0.320. The molecule has 1 saturated heterocycles. The third kappa shape index (κ3) is 4.53. The number of likely N-dealkylation sites (tertiary alicyclic amines) is 1. The number of imidazole rings is 1. The third-order valence-electron chi connectivity index (χ3n) is 6.12. The van der Waals surface area contributed by atoms with Crippen LogP contribution in [0.3, 0.4) is 0 Å². The molecule has 1 fully saturated rings. The van der Waals surface area contributed by atoms with E-state index in [0.29, 0.717) is 31.5 Å². The summed E-state index contributed by atoms with van der Waals surface area (Å²) in [5.41, 5.74) is 2.50. The van der Waals surface area contributed by atoms with E-state index in [1.165, 1.54) is 0 Å². The van der Waals surface area contributed by atoms with Gasteiger partial charge >= 0.3 is 0 Å². The van der Waals surface area contributed by atoms with Crippen LogP contribution in [0.4, 0.5) is 0 Å². The number of hydrogen-bond donors (Lipinski definition) is 1. The van der Waals surface area contributed by atoms with Gasteiger partial charge in [0, 0.05) is 44.5 Å². The molecule has 2 heterocycles. The number of rotatable bonds is 5. The molecule has 2 aromatic carbocycles. The molecule has 0 radical (unpaired) electrons. The van der Waals surface area contributed by atoms with Crippen LogP contribution in [0.5, 0.6) is 0 Å². The zero-order valence-corrected chi connectivity index (χ0v) is 18.0. The van der Waals surface area contributed by atoms with Crippen molar-refractivity contribution in [3.05, 3.63) is 89.5 Å². The van der Waals surface area contributed by atoms with Crippen molar-refractivity contribution >= 4 is 11.8 Å². The van der Waals surface area contributed by atoms with Crippen molar-refractivity contribution in [3.63, 3.8) is 0 Å². The lowest BCUT2D eigenvalue weighted by Crippen LogP contribution is -2.53. The van der Waals surface area contributed by atoms with Crippen LogP contribution in [-0.2, 0) is 16.9 Å². The first-order valence-corrected chi connectivity index (χ1v) is 10.7. The summed E-state index contributed by atoms with van der Waals surface area (Å²) >= 11 is 0. The molecule has 0 bridgehead atoms. The number of aryl methyl sites for hydroxylation is 1. The molecular formula is C25H28N4O2. The molecule has 4 rings (SSSR count). The Morgan fingerprint density at radius 1 is 1.03 bits per heavy atom. The van der Waals surface area contributed by atoms with Crippen LogP contribution in [-0.4, -0.2) is 39.4 Å². The van der Waals surface area contributed by atoms with Crippen molar-refractivity contribution in [2.24, 2.45) is 0 Å². The molecule has 0 spiro atoms. The molecule has 1 aliphatic rings. The summed E-state index contributed by atoms with van der Waals surface area (Å²) in [6.07, 6.45) is 5.14. The fourth-order valence-electron chi connectivity index (χ4n) is 4.37. The summed E-state index contributed by atoms with van der Waals surface area (Å²) < 4.78 is 2.08. The molecule has 3 aromatic rings. The van der Waals surface area contributed by atoms with E-state index in [9.17, 15) is 9.59 Å². The minimum atomic E-state index is -0.420. The van der Waals surface area contributed by atoms with E-state index < -0.39 is 5.54 Å². The van der Waals surface area contributed by atoms with Gasteiger partial charge in [0.25, 0.3) is 5.91 Å². The van der Waals surface area contributed by atoms with Gasteiger partial charge in [-0.25, -0.2) is 4.98 Å². The van der Waals surface area contributed by atoms with E-state index >= 15 is 0 Å². The van der Waals surface area contributed by atoms with Gasteiger partial charge in [0.1, 0.15) is 5.82 Å². The Bertz CT molecular complexity index is 1050. The summed E-state index contributed by atoms with van der Waals surface area (Å²) in [5.74, 6) is 0.955. The average Bonchev–Trinajstić information content (AvgIpc) is 3.19. The number of carbonyl (C=O) groups is 2. The number of amides is 2. The van der Waals surface area contributed by atoms with Gasteiger partial charge < -0.3 is 14.8 Å². The van der Waals surface area contributed by atoms with Crippen LogP contribution in [0.1, 0.15) is 47.1 Å². The predicted molar refractivity (Wildman–Crippen MR) is 120 cm³/mol. The second-order valence-electron chi connectivity index (χ2n) is 8.22. The Balaban J connectivity index is 1.43. The smallest absolute Gasteiger partial charge is 0.253 e. The first kappa shape index (κ1) is 20.8. The maximum absolute atomic E-state index is 13.1. The lowest BCUT2D eigenvalue weighted by molar-refractivity contribution is -0.121. The van der Waals surface area contributed by atoms with Crippen molar-refractivity contribution in [3.8, 4) is 0 Å². The Morgan fingerprint density at radius 3 is 2.29 bits per heavy atom. The number of benzene rings is 2. The van der Waals surface area contributed by atoms with E-state index in [1.54, 1.807) is 13.1 Å². The number of aromatic nitrogens is 2. The predicted octanol–water partition coefficient (Wildman–Crippen LogP) is 3.51. The van der Waals surface area contributed by atoms with Crippen molar-refractivity contribution in [1.29, 1.82) is 0 Å². The number of nitrogens with one attached hydrogen (secondary N) is 1. The quantitative estimate of drug-likeness (QED) is 0.692. The van der Waals surface area contributed by atoms with E-state index in [0.717, 1.165) is 23.5 Å². The van der Waals surface area contributed by atoms with Crippen LogP contribution in [0.15, 0.2) is 67.0 Å². The van der Waals surface area contributed by atoms with Crippen LogP contribution >= 0.6 is 0 Å². The van der Waals surface area contributed by atoms with Crippen LogP contribution in [0, 0.1) is 6.92 Å². The van der Waals surface area contributed by atoms with E-state index in [-0.39, 0.29) is 11.8 Å². The van der Waals surface area contributed by atoms with Crippen molar-refractivity contribution in [2.45, 2.75) is 38.8 Å². The van der Waals surface area contributed by atoms with Gasteiger partial charge in [0.15, 0.2) is 0 Å². The summed E-state index contributed by atoms with van der Waals surface area (Å²) in [7, 11) is 0. The minimum absolute atomic E-state index is 0.0369. The van der Waals surface area contributed by atoms with Crippen LogP contribution < -0.4 is 5.32 Å². The molecule has 160 valence electrons. The largest absolute Gasteiger partial charge is 0.347 e. The average molecular weight is 417 g/mol. The molecule has 1 N–H and O–H groups in total. The van der Waals surface area contributed by atoms with Gasteiger partial charge in [-0.2, -0.15) is 0 Å². The molecule has 2 amide bonds. The topological polar surface area (TPSA) is 67.2 Å². The lowest BCUT2D eigenvalue weighted by Gasteiger charge is -2.42. The molecule has 0 aliphatic carbocycles. The summed E-state index contributed by atoms with van der Waals surface area (Å²) in [4.78, 5) is 31.1. The molecule has 31 heavy (non-hydrogen) atoms. The van der Waals surface area contributed by atoms with Crippen molar-refractivity contribution in [1.82, 2.24) is 19.8 Å². The number of piperidine rings is 1. The van der Waals surface area contributed by atoms with E-state index in [1.807, 2.05) is 72.6 Å². The summed E-state index contributed by atoms with van der Waals surface area (Å²) in [6.45, 7) is 5.47. The van der Waals surface area contributed by atoms with E-state index in [2.05, 4.69) is 14.9 Å². The molecule has 6 nitrogen and oxygen atoms in total. The first-order chi connectivity index (χ1) is 15.0. The Kier molecular flexibility index (Phi) is 5.89. The molecule has 0 atom stereocenters. The second-order valence-corrected chi connectivity index (χ2v) is 8.22. The fourth-order valence-corrected chi connectivity index (χ4v) is 4.37. The van der Waals surface area contributed by atoms with Crippen molar-refractivity contribution < 1.29 is 9.59 Å². The summed E-state index contributed by atoms with van der Waals surface area (Å²) in [6, 6.07) is 17.9. The molecule has 1 aliphatic heterocycles. The highest BCUT2D eigenvalue weighted by atomic mass is 16.2. The standard InChI is InChI=1S/C25H28N4O2/c1-19-26-14-17-29(19)18-21-8-10-22(11-9-21)24(31)28-15-12-25(13-16-28,27-20(2)30)23-6-4-3-5-7-23/h3-11,14,17H,12-13,15-16,18H2,1-2H3,(H,27,30). The normalized spacial score (nSPS) is 15.5. The zero-order chi connectivity index (χ0) is 21.8. The SMILES string of the molecule is CC(=O)NC1(c2ccccc2)CCN(C(=O)c2ccc(Cn3ccnc3C)cc2)CC1. The van der Waals surface area contributed by atoms with Gasteiger partial charge in [0.2, 0.25) is 5.91 Å².